The molecular weight excluding hydrogens is 231 g/mol. The Morgan fingerprint density at radius 3 is 2.20 bits per heavy atom. The number of hydrogen-bond acceptors (Lipinski definition) is 2. The highest BCUT2D eigenvalue weighted by Gasteiger charge is 2.30. The molecular formula is C11H18Cl2N2. The zero-order valence-corrected chi connectivity index (χ0v) is 10.2. The lowest BCUT2D eigenvalue weighted by Crippen LogP contribution is -2.33. The van der Waals surface area contributed by atoms with Crippen LogP contribution in [-0.2, 0) is 5.54 Å². The number of anilines is 1. The normalized spacial score (nSPS) is 17.7. The minimum atomic E-state index is -0.102. The van der Waals surface area contributed by atoms with Gasteiger partial charge < -0.3 is 11.5 Å². The van der Waals surface area contributed by atoms with E-state index in [1.54, 1.807) is 0 Å². The van der Waals surface area contributed by atoms with Crippen molar-refractivity contribution in [1.29, 1.82) is 0 Å². The highest BCUT2D eigenvalue weighted by molar-refractivity contribution is 5.85. The van der Waals surface area contributed by atoms with E-state index in [-0.39, 0.29) is 30.4 Å². The van der Waals surface area contributed by atoms with Gasteiger partial charge in [0.1, 0.15) is 0 Å². The lowest BCUT2D eigenvalue weighted by atomic mass is 9.89. The average Bonchev–Trinajstić information content (AvgIpc) is 2.54. The Balaban J connectivity index is 0.000000980. The molecule has 0 atom stereocenters. The van der Waals surface area contributed by atoms with Crippen molar-refractivity contribution in [3.05, 3.63) is 29.8 Å². The van der Waals surface area contributed by atoms with Gasteiger partial charge in [-0.2, -0.15) is 0 Å². The Kier molecular flexibility index (Phi) is 5.43. The van der Waals surface area contributed by atoms with E-state index in [9.17, 15) is 0 Å². The first kappa shape index (κ1) is 14.6. The maximum absolute atomic E-state index is 6.29. The molecule has 0 unspecified atom stereocenters. The summed E-state index contributed by atoms with van der Waals surface area (Å²) >= 11 is 0. The third-order valence-electron chi connectivity index (χ3n) is 2.96. The maximum atomic E-state index is 6.29. The zero-order valence-electron chi connectivity index (χ0n) is 8.61. The summed E-state index contributed by atoms with van der Waals surface area (Å²) in [7, 11) is 0. The summed E-state index contributed by atoms with van der Waals surface area (Å²) in [6.45, 7) is 0. The van der Waals surface area contributed by atoms with E-state index >= 15 is 0 Å². The van der Waals surface area contributed by atoms with E-state index in [2.05, 4.69) is 6.07 Å². The molecule has 0 aliphatic heterocycles. The predicted molar refractivity (Wildman–Crippen MR) is 69.7 cm³/mol. The zero-order chi connectivity index (χ0) is 9.31. The van der Waals surface area contributed by atoms with Gasteiger partial charge in [-0.3, -0.25) is 0 Å². The predicted octanol–water partition coefficient (Wildman–Crippen LogP) is 2.84. The van der Waals surface area contributed by atoms with Crippen LogP contribution < -0.4 is 11.5 Å². The molecule has 1 aromatic carbocycles. The molecule has 1 saturated carbocycles. The summed E-state index contributed by atoms with van der Waals surface area (Å²) in [5, 5.41) is 0. The van der Waals surface area contributed by atoms with Crippen LogP contribution in [0.5, 0.6) is 0 Å². The van der Waals surface area contributed by atoms with Crippen LogP contribution in [0.1, 0.15) is 31.2 Å². The number of nitrogen functional groups attached to an aromatic ring is 1. The fourth-order valence-corrected chi connectivity index (χ4v) is 2.14. The lowest BCUT2D eigenvalue weighted by Gasteiger charge is -2.24. The van der Waals surface area contributed by atoms with Gasteiger partial charge in [0.2, 0.25) is 0 Å². The van der Waals surface area contributed by atoms with E-state index in [0.717, 1.165) is 18.5 Å². The smallest absolute Gasteiger partial charge is 0.0410 e. The van der Waals surface area contributed by atoms with Crippen LogP contribution in [0, 0.1) is 0 Å². The molecule has 4 N–H and O–H groups in total. The van der Waals surface area contributed by atoms with E-state index in [4.69, 9.17) is 11.5 Å². The van der Waals surface area contributed by atoms with Crippen LogP contribution in [0.15, 0.2) is 24.3 Å². The Morgan fingerprint density at radius 2 is 1.67 bits per heavy atom. The van der Waals surface area contributed by atoms with Gasteiger partial charge in [-0.25, -0.2) is 0 Å². The molecule has 1 aromatic rings. The SMILES string of the molecule is Cl.Cl.Nc1cccc(C2(N)CCCC2)c1. The van der Waals surface area contributed by atoms with E-state index in [0.29, 0.717) is 0 Å². The summed E-state index contributed by atoms with van der Waals surface area (Å²) < 4.78 is 0. The fourth-order valence-electron chi connectivity index (χ4n) is 2.14. The molecule has 4 heteroatoms. The van der Waals surface area contributed by atoms with Crippen LogP contribution in [-0.4, -0.2) is 0 Å². The van der Waals surface area contributed by atoms with E-state index < -0.39 is 0 Å². The topological polar surface area (TPSA) is 52.0 Å². The highest BCUT2D eigenvalue weighted by Crippen LogP contribution is 2.36. The summed E-state index contributed by atoms with van der Waals surface area (Å²) in [6.07, 6.45) is 4.67. The molecule has 0 heterocycles. The van der Waals surface area contributed by atoms with Crippen LogP contribution in [0.25, 0.3) is 0 Å². The molecule has 15 heavy (non-hydrogen) atoms. The third-order valence-corrected chi connectivity index (χ3v) is 2.96. The van der Waals surface area contributed by atoms with E-state index in [1.807, 2.05) is 18.2 Å². The van der Waals surface area contributed by atoms with Gasteiger partial charge in [0.15, 0.2) is 0 Å². The Labute approximate surface area is 103 Å². The Morgan fingerprint density at radius 1 is 1.07 bits per heavy atom. The maximum Gasteiger partial charge on any atom is 0.0410 e. The van der Waals surface area contributed by atoms with Gasteiger partial charge in [0, 0.05) is 11.2 Å². The molecule has 1 fully saturated rings. The van der Waals surface area contributed by atoms with Crippen molar-refractivity contribution in [3.63, 3.8) is 0 Å². The van der Waals surface area contributed by atoms with Gasteiger partial charge in [0.05, 0.1) is 0 Å². The molecule has 2 rings (SSSR count). The second kappa shape index (κ2) is 5.59. The summed E-state index contributed by atoms with van der Waals surface area (Å²) in [6, 6.07) is 7.98. The first-order chi connectivity index (χ1) is 6.21. The molecule has 0 saturated heterocycles. The van der Waals surface area contributed by atoms with Crippen molar-refractivity contribution < 1.29 is 0 Å². The minimum absolute atomic E-state index is 0. The number of rotatable bonds is 1. The molecule has 0 bridgehead atoms. The molecule has 0 radical (unpaired) electrons. The minimum Gasteiger partial charge on any atom is -0.399 e. The fraction of sp³-hybridized carbons (Fsp3) is 0.455. The molecule has 86 valence electrons. The number of benzene rings is 1. The van der Waals surface area contributed by atoms with Crippen molar-refractivity contribution in [1.82, 2.24) is 0 Å². The third kappa shape index (κ3) is 3.00. The summed E-state index contributed by atoms with van der Waals surface area (Å²) in [5.41, 5.74) is 13.9. The standard InChI is InChI=1S/C11H16N2.2ClH/c12-10-5-3-4-9(8-10)11(13)6-1-2-7-11;;/h3-5,8H,1-2,6-7,12-13H2;2*1H. The quantitative estimate of drug-likeness (QED) is 0.752. The number of nitrogens with two attached hydrogens (primary N) is 2. The van der Waals surface area contributed by atoms with Crippen molar-refractivity contribution >= 4 is 30.5 Å². The monoisotopic (exact) mass is 248 g/mol. The molecule has 0 spiro atoms. The summed E-state index contributed by atoms with van der Waals surface area (Å²) in [4.78, 5) is 0. The summed E-state index contributed by atoms with van der Waals surface area (Å²) in [5.74, 6) is 0. The van der Waals surface area contributed by atoms with Crippen molar-refractivity contribution in [2.24, 2.45) is 5.73 Å². The molecule has 1 aliphatic rings. The first-order valence-electron chi connectivity index (χ1n) is 4.86. The van der Waals surface area contributed by atoms with Crippen LogP contribution in [0.4, 0.5) is 5.69 Å². The Bertz CT molecular complexity index is 309. The van der Waals surface area contributed by atoms with E-state index in [1.165, 1.54) is 18.4 Å². The van der Waals surface area contributed by atoms with Crippen LogP contribution in [0.3, 0.4) is 0 Å². The second-order valence-electron chi connectivity index (χ2n) is 3.99. The molecule has 0 aromatic heterocycles. The van der Waals surface area contributed by atoms with Crippen molar-refractivity contribution in [3.8, 4) is 0 Å². The molecule has 2 nitrogen and oxygen atoms in total. The van der Waals surface area contributed by atoms with Gasteiger partial charge in [-0.1, -0.05) is 25.0 Å². The van der Waals surface area contributed by atoms with Gasteiger partial charge in [-0.15, -0.1) is 24.8 Å². The first-order valence-corrected chi connectivity index (χ1v) is 4.86. The van der Waals surface area contributed by atoms with Gasteiger partial charge in [-0.05, 0) is 30.5 Å². The van der Waals surface area contributed by atoms with Crippen LogP contribution >= 0.6 is 24.8 Å². The Hall–Kier alpha value is -0.440. The lowest BCUT2D eigenvalue weighted by molar-refractivity contribution is 0.462. The number of halogens is 2. The largest absolute Gasteiger partial charge is 0.399 e. The van der Waals surface area contributed by atoms with Gasteiger partial charge >= 0.3 is 0 Å². The second-order valence-corrected chi connectivity index (χ2v) is 3.99. The highest BCUT2D eigenvalue weighted by atomic mass is 35.5. The van der Waals surface area contributed by atoms with Crippen molar-refractivity contribution in [2.45, 2.75) is 31.2 Å². The number of hydrogen-bond donors (Lipinski definition) is 2. The average molecular weight is 249 g/mol. The van der Waals surface area contributed by atoms with Crippen molar-refractivity contribution in [2.75, 3.05) is 5.73 Å². The molecule has 1 aliphatic carbocycles. The van der Waals surface area contributed by atoms with Crippen LogP contribution in [0.2, 0.25) is 0 Å². The molecule has 0 amide bonds. The van der Waals surface area contributed by atoms with Gasteiger partial charge in [0.25, 0.3) is 0 Å².